The van der Waals surface area contributed by atoms with Gasteiger partial charge in [-0.05, 0) is 29.3 Å². The van der Waals surface area contributed by atoms with Gasteiger partial charge in [-0.2, -0.15) is 0 Å². The Labute approximate surface area is 170 Å². The molecule has 1 saturated heterocycles. The number of benzene rings is 2. The SMILES string of the molecule is O=C(CN1CCN(Cc2ccc3c(c2)OCO3)CC1)NCc1ccccc1Cl. The minimum atomic E-state index is 0.0316. The summed E-state index contributed by atoms with van der Waals surface area (Å²) >= 11 is 6.13. The van der Waals surface area contributed by atoms with Gasteiger partial charge in [-0.1, -0.05) is 35.9 Å². The van der Waals surface area contributed by atoms with Crippen molar-refractivity contribution in [2.24, 2.45) is 0 Å². The van der Waals surface area contributed by atoms with E-state index in [1.807, 2.05) is 30.3 Å². The number of ether oxygens (including phenoxy) is 2. The molecule has 0 saturated carbocycles. The van der Waals surface area contributed by atoms with E-state index in [0.717, 1.165) is 49.8 Å². The van der Waals surface area contributed by atoms with E-state index in [2.05, 4.69) is 27.2 Å². The average molecular weight is 402 g/mol. The molecule has 0 bridgehead atoms. The summed E-state index contributed by atoms with van der Waals surface area (Å²) in [4.78, 5) is 16.8. The first kappa shape index (κ1) is 19.1. The summed E-state index contributed by atoms with van der Waals surface area (Å²) < 4.78 is 10.8. The van der Waals surface area contributed by atoms with Gasteiger partial charge in [0.1, 0.15) is 0 Å². The molecular weight excluding hydrogens is 378 g/mol. The molecule has 7 heteroatoms. The number of nitrogens with one attached hydrogen (secondary N) is 1. The first-order valence-electron chi connectivity index (χ1n) is 9.51. The molecule has 0 atom stereocenters. The van der Waals surface area contributed by atoms with Crippen LogP contribution in [0.4, 0.5) is 0 Å². The zero-order chi connectivity index (χ0) is 19.3. The number of fused-ring (bicyclic) bond motifs is 1. The highest BCUT2D eigenvalue weighted by atomic mass is 35.5. The molecule has 2 aliphatic rings. The topological polar surface area (TPSA) is 54.0 Å². The van der Waals surface area contributed by atoms with Gasteiger partial charge < -0.3 is 14.8 Å². The number of hydrogen-bond donors (Lipinski definition) is 1. The second kappa shape index (κ2) is 8.82. The zero-order valence-electron chi connectivity index (χ0n) is 15.7. The quantitative estimate of drug-likeness (QED) is 0.806. The van der Waals surface area contributed by atoms with Crippen molar-refractivity contribution in [3.8, 4) is 11.5 Å². The van der Waals surface area contributed by atoms with Gasteiger partial charge in [0.15, 0.2) is 11.5 Å². The van der Waals surface area contributed by atoms with Gasteiger partial charge in [0.2, 0.25) is 12.7 Å². The molecule has 0 aromatic heterocycles. The molecule has 2 aromatic rings. The predicted octanol–water partition coefficient (Wildman–Crippen LogP) is 2.50. The number of rotatable bonds is 6. The van der Waals surface area contributed by atoms with Gasteiger partial charge in [0, 0.05) is 44.3 Å². The number of carbonyl (C=O) groups is 1. The maximum atomic E-state index is 12.2. The Morgan fingerprint density at radius 1 is 1.00 bits per heavy atom. The lowest BCUT2D eigenvalue weighted by atomic mass is 10.1. The van der Waals surface area contributed by atoms with Crippen LogP contribution in [-0.4, -0.2) is 55.2 Å². The lowest BCUT2D eigenvalue weighted by molar-refractivity contribution is -0.122. The molecule has 2 heterocycles. The maximum absolute atomic E-state index is 12.2. The fraction of sp³-hybridized carbons (Fsp3) is 0.381. The molecule has 6 nitrogen and oxygen atoms in total. The first-order valence-corrected chi connectivity index (χ1v) is 9.88. The van der Waals surface area contributed by atoms with Crippen LogP contribution in [0, 0.1) is 0 Å². The Balaban J connectivity index is 1.20. The fourth-order valence-electron chi connectivity index (χ4n) is 3.50. The second-order valence-electron chi connectivity index (χ2n) is 7.11. The molecule has 0 unspecified atom stereocenters. The largest absolute Gasteiger partial charge is 0.454 e. The van der Waals surface area contributed by atoms with Crippen LogP contribution < -0.4 is 14.8 Å². The van der Waals surface area contributed by atoms with Crippen molar-refractivity contribution in [1.29, 1.82) is 0 Å². The number of piperazine rings is 1. The summed E-state index contributed by atoms with van der Waals surface area (Å²) in [7, 11) is 0. The number of halogens is 1. The maximum Gasteiger partial charge on any atom is 0.234 e. The van der Waals surface area contributed by atoms with Crippen LogP contribution in [0.25, 0.3) is 0 Å². The summed E-state index contributed by atoms with van der Waals surface area (Å²) in [5, 5.41) is 3.64. The van der Waals surface area contributed by atoms with Crippen LogP contribution in [0.2, 0.25) is 5.02 Å². The summed E-state index contributed by atoms with van der Waals surface area (Å²) in [6, 6.07) is 13.7. The van der Waals surface area contributed by atoms with Crippen LogP contribution in [-0.2, 0) is 17.9 Å². The normalized spacial score (nSPS) is 16.9. The Morgan fingerprint density at radius 3 is 2.57 bits per heavy atom. The van der Waals surface area contributed by atoms with Crippen molar-refractivity contribution in [2.45, 2.75) is 13.1 Å². The Morgan fingerprint density at radius 2 is 1.75 bits per heavy atom. The van der Waals surface area contributed by atoms with Crippen molar-refractivity contribution < 1.29 is 14.3 Å². The smallest absolute Gasteiger partial charge is 0.234 e. The van der Waals surface area contributed by atoms with Crippen molar-refractivity contribution in [1.82, 2.24) is 15.1 Å². The highest BCUT2D eigenvalue weighted by molar-refractivity contribution is 6.31. The lowest BCUT2D eigenvalue weighted by Crippen LogP contribution is -2.49. The standard InChI is InChI=1S/C21H24ClN3O3/c22-18-4-2-1-3-17(18)12-23-21(26)14-25-9-7-24(8-10-25)13-16-5-6-19-20(11-16)28-15-27-19/h1-6,11H,7-10,12-15H2,(H,23,26). The molecule has 28 heavy (non-hydrogen) atoms. The van der Waals surface area contributed by atoms with E-state index >= 15 is 0 Å². The summed E-state index contributed by atoms with van der Waals surface area (Å²) in [6.07, 6.45) is 0. The first-order chi connectivity index (χ1) is 13.7. The number of carbonyl (C=O) groups excluding carboxylic acids is 1. The highest BCUT2D eigenvalue weighted by Crippen LogP contribution is 2.32. The van der Waals surface area contributed by atoms with Crippen LogP contribution >= 0.6 is 11.6 Å². The molecular formula is C21H24ClN3O3. The van der Waals surface area contributed by atoms with Gasteiger partial charge in [-0.15, -0.1) is 0 Å². The van der Waals surface area contributed by atoms with Gasteiger partial charge in [0.05, 0.1) is 6.54 Å². The van der Waals surface area contributed by atoms with Gasteiger partial charge in [-0.25, -0.2) is 0 Å². The van der Waals surface area contributed by atoms with E-state index in [0.29, 0.717) is 24.9 Å². The molecule has 148 valence electrons. The van der Waals surface area contributed by atoms with Crippen LogP contribution in [0.1, 0.15) is 11.1 Å². The molecule has 1 amide bonds. The number of amides is 1. The molecule has 2 aliphatic heterocycles. The number of hydrogen-bond acceptors (Lipinski definition) is 5. The molecule has 4 rings (SSSR count). The minimum Gasteiger partial charge on any atom is -0.454 e. The summed E-state index contributed by atoms with van der Waals surface area (Å²) in [5.41, 5.74) is 2.15. The molecule has 1 N–H and O–H groups in total. The third-order valence-corrected chi connectivity index (χ3v) is 5.48. The van der Waals surface area contributed by atoms with Crippen molar-refractivity contribution >= 4 is 17.5 Å². The van der Waals surface area contributed by atoms with E-state index in [1.165, 1.54) is 5.56 Å². The lowest BCUT2D eigenvalue weighted by Gasteiger charge is -2.34. The van der Waals surface area contributed by atoms with E-state index in [9.17, 15) is 4.79 Å². The number of nitrogens with zero attached hydrogens (tertiary/aromatic N) is 2. The molecule has 2 aromatic carbocycles. The van der Waals surface area contributed by atoms with Crippen LogP contribution in [0.15, 0.2) is 42.5 Å². The molecule has 0 spiro atoms. The average Bonchev–Trinajstić information content (AvgIpc) is 3.17. The van der Waals surface area contributed by atoms with Crippen LogP contribution in [0.5, 0.6) is 11.5 Å². The Kier molecular flexibility index (Phi) is 6.00. The predicted molar refractivity (Wildman–Crippen MR) is 108 cm³/mol. The third kappa shape index (κ3) is 4.76. The van der Waals surface area contributed by atoms with Crippen LogP contribution in [0.3, 0.4) is 0 Å². The summed E-state index contributed by atoms with van der Waals surface area (Å²) in [5.74, 6) is 1.67. The Hall–Kier alpha value is -2.28. The van der Waals surface area contributed by atoms with Crippen molar-refractivity contribution in [3.05, 3.63) is 58.6 Å². The van der Waals surface area contributed by atoms with Gasteiger partial charge in [-0.3, -0.25) is 14.6 Å². The summed E-state index contributed by atoms with van der Waals surface area (Å²) in [6.45, 7) is 5.69. The molecule has 0 aliphatic carbocycles. The monoisotopic (exact) mass is 401 g/mol. The van der Waals surface area contributed by atoms with Crippen molar-refractivity contribution in [2.75, 3.05) is 39.5 Å². The molecule has 0 radical (unpaired) electrons. The van der Waals surface area contributed by atoms with Gasteiger partial charge >= 0.3 is 0 Å². The van der Waals surface area contributed by atoms with Crippen molar-refractivity contribution in [3.63, 3.8) is 0 Å². The zero-order valence-corrected chi connectivity index (χ0v) is 16.5. The minimum absolute atomic E-state index is 0.0316. The van der Waals surface area contributed by atoms with Gasteiger partial charge in [0.25, 0.3) is 0 Å². The highest BCUT2D eigenvalue weighted by Gasteiger charge is 2.20. The second-order valence-corrected chi connectivity index (χ2v) is 7.52. The van der Waals surface area contributed by atoms with E-state index in [-0.39, 0.29) is 5.91 Å². The fourth-order valence-corrected chi connectivity index (χ4v) is 3.70. The van der Waals surface area contributed by atoms with E-state index < -0.39 is 0 Å². The van der Waals surface area contributed by atoms with E-state index in [4.69, 9.17) is 21.1 Å². The third-order valence-electron chi connectivity index (χ3n) is 5.11. The Bertz CT molecular complexity index is 837. The molecule has 1 fully saturated rings. The van der Waals surface area contributed by atoms with E-state index in [1.54, 1.807) is 0 Å².